The quantitative estimate of drug-likeness (QED) is 0.843. The van der Waals surface area contributed by atoms with Crippen molar-refractivity contribution in [1.82, 2.24) is 0 Å². The predicted molar refractivity (Wildman–Crippen MR) is 69.8 cm³/mol. The average molecular weight is 268 g/mol. The lowest BCUT2D eigenvalue weighted by Crippen LogP contribution is -2.06. The molecule has 2 rings (SSSR count). The van der Waals surface area contributed by atoms with E-state index in [0.717, 1.165) is 5.56 Å². The topological polar surface area (TPSA) is 12.0 Å². The van der Waals surface area contributed by atoms with E-state index in [2.05, 4.69) is 5.32 Å². The van der Waals surface area contributed by atoms with E-state index in [1.165, 1.54) is 18.2 Å². The van der Waals surface area contributed by atoms with E-state index in [1.807, 2.05) is 6.92 Å². The molecule has 18 heavy (non-hydrogen) atoms. The van der Waals surface area contributed by atoms with E-state index in [9.17, 15) is 8.78 Å². The standard InChI is InChI=1S/C14H12ClF2N/c1-9(10-5-6-14(17)13(15)7-10)18-12-4-2-3-11(16)8-12/h2-9,18H,1H3. The van der Waals surface area contributed by atoms with Gasteiger partial charge < -0.3 is 5.32 Å². The third kappa shape index (κ3) is 2.99. The highest BCUT2D eigenvalue weighted by Gasteiger charge is 2.08. The summed E-state index contributed by atoms with van der Waals surface area (Å²) in [6, 6.07) is 10.6. The molecule has 0 aliphatic rings. The van der Waals surface area contributed by atoms with Gasteiger partial charge in [0.2, 0.25) is 0 Å². The minimum absolute atomic E-state index is 0.0837. The van der Waals surface area contributed by atoms with E-state index < -0.39 is 5.82 Å². The van der Waals surface area contributed by atoms with Gasteiger partial charge in [0, 0.05) is 11.7 Å². The number of rotatable bonds is 3. The Morgan fingerprint density at radius 3 is 2.56 bits per heavy atom. The van der Waals surface area contributed by atoms with Crippen molar-refractivity contribution in [2.24, 2.45) is 0 Å². The van der Waals surface area contributed by atoms with Crippen LogP contribution in [0.15, 0.2) is 42.5 Å². The fourth-order valence-corrected chi connectivity index (χ4v) is 1.88. The fraction of sp³-hybridized carbons (Fsp3) is 0.143. The Morgan fingerprint density at radius 1 is 1.11 bits per heavy atom. The minimum Gasteiger partial charge on any atom is -0.378 e. The largest absolute Gasteiger partial charge is 0.378 e. The number of halogens is 3. The molecule has 1 N–H and O–H groups in total. The van der Waals surface area contributed by atoms with E-state index in [1.54, 1.807) is 24.3 Å². The minimum atomic E-state index is -0.446. The van der Waals surface area contributed by atoms with Crippen LogP contribution < -0.4 is 5.32 Å². The Balaban J connectivity index is 2.16. The molecule has 0 radical (unpaired) electrons. The van der Waals surface area contributed by atoms with Crippen LogP contribution in [0.2, 0.25) is 5.02 Å². The molecule has 2 aromatic rings. The molecular weight excluding hydrogens is 256 g/mol. The Kier molecular flexibility index (Phi) is 3.82. The number of benzene rings is 2. The van der Waals surface area contributed by atoms with Crippen LogP contribution in [0.3, 0.4) is 0 Å². The first-order valence-corrected chi connectivity index (χ1v) is 5.91. The highest BCUT2D eigenvalue weighted by atomic mass is 35.5. The van der Waals surface area contributed by atoms with Crippen LogP contribution in [0.5, 0.6) is 0 Å². The Hall–Kier alpha value is -1.61. The molecule has 0 fully saturated rings. The maximum atomic E-state index is 13.0. The second-order valence-electron chi connectivity index (χ2n) is 4.05. The Labute approximate surface area is 109 Å². The summed E-state index contributed by atoms with van der Waals surface area (Å²) >= 11 is 5.72. The number of nitrogens with one attached hydrogen (secondary N) is 1. The van der Waals surface area contributed by atoms with Gasteiger partial charge in [0.25, 0.3) is 0 Å². The van der Waals surface area contributed by atoms with Gasteiger partial charge in [0.05, 0.1) is 5.02 Å². The van der Waals surface area contributed by atoms with Crippen LogP contribution in [-0.2, 0) is 0 Å². The van der Waals surface area contributed by atoms with Crippen LogP contribution in [0.1, 0.15) is 18.5 Å². The molecule has 0 spiro atoms. The molecule has 94 valence electrons. The summed E-state index contributed by atoms with van der Waals surface area (Å²) in [6.07, 6.45) is 0. The molecular formula is C14H12ClF2N. The number of hydrogen-bond donors (Lipinski definition) is 1. The molecule has 4 heteroatoms. The lowest BCUT2D eigenvalue weighted by molar-refractivity contribution is 0.626. The monoisotopic (exact) mass is 267 g/mol. The summed E-state index contributed by atoms with van der Waals surface area (Å²) in [7, 11) is 0. The fourth-order valence-electron chi connectivity index (χ4n) is 1.69. The zero-order chi connectivity index (χ0) is 13.1. The van der Waals surface area contributed by atoms with Gasteiger partial charge in [0.15, 0.2) is 0 Å². The summed E-state index contributed by atoms with van der Waals surface area (Å²) in [6.45, 7) is 1.90. The van der Waals surface area contributed by atoms with E-state index in [4.69, 9.17) is 11.6 Å². The first kappa shape index (κ1) is 12.8. The Bertz CT molecular complexity index is 557. The van der Waals surface area contributed by atoms with E-state index >= 15 is 0 Å². The molecule has 1 nitrogen and oxygen atoms in total. The van der Waals surface area contributed by atoms with Crippen molar-refractivity contribution in [3.05, 3.63) is 64.7 Å². The lowest BCUT2D eigenvalue weighted by atomic mass is 10.1. The zero-order valence-electron chi connectivity index (χ0n) is 9.75. The van der Waals surface area contributed by atoms with Gasteiger partial charge in [-0.3, -0.25) is 0 Å². The molecule has 0 aliphatic carbocycles. The van der Waals surface area contributed by atoms with Gasteiger partial charge in [0.1, 0.15) is 11.6 Å². The normalized spacial score (nSPS) is 12.2. The lowest BCUT2D eigenvalue weighted by Gasteiger charge is -2.16. The van der Waals surface area contributed by atoms with Crippen molar-refractivity contribution in [2.75, 3.05) is 5.32 Å². The molecule has 0 aliphatic heterocycles. The highest BCUT2D eigenvalue weighted by Crippen LogP contribution is 2.23. The second-order valence-corrected chi connectivity index (χ2v) is 4.46. The first-order chi connectivity index (χ1) is 8.56. The molecule has 1 atom stereocenters. The molecule has 0 bridgehead atoms. The summed E-state index contributed by atoms with van der Waals surface area (Å²) in [5.41, 5.74) is 1.51. The van der Waals surface area contributed by atoms with Crippen LogP contribution in [0.25, 0.3) is 0 Å². The highest BCUT2D eigenvalue weighted by molar-refractivity contribution is 6.30. The maximum absolute atomic E-state index is 13.0. The van der Waals surface area contributed by atoms with Crippen LogP contribution in [0.4, 0.5) is 14.5 Å². The van der Waals surface area contributed by atoms with Crippen molar-refractivity contribution >= 4 is 17.3 Å². The molecule has 1 unspecified atom stereocenters. The van der Waals surface area contributed by atoms with Crippen LogP contribution in [-0.4, -0.2) is 0 Å². The van der Waals surface area contributed by atoms with Gasteiger partial charge in [-0.15, -0.1) is 0 Å². The Morgan fingerprint density at radius 2 is 1.89 bits per heavy atom. The van der Waals surface area contributed by atoms with E-state index in [-0.39, 0.29) is 16.9 Å². The number of anilines is 1. The average Bonchev–Trinajstić information content (AvgIpc) is 2.32. The third-order valence-electron chi connectivity index (χ3n) is 2.65. The van der Waals surface area contributed by atoms with E-state index in [0.29, 0.717) is 5.69 Å². The first-order valence-electron chi connectivity index (χ1n) is 5.53. The van der Waals surface area contributed by atoms with Crippen molar-refractivity contribution in [2.45, 2.75) is 13.0 Å². The van der Waals surface area contributed by atoms with Gasteiger partial charge >= 0.3 is 0 Å². The van der Waals surface area contributed by atoms with Crippen molar-refractivity contribution < 1.29 is 8.78 Å². The summed E-state index contributed by atoms with van der Waals surface area (Å²) in [5, 5.41) is 3.21. The smallest absolute Gasteiger partial charge is 0.141 e. The molecule has 0 amide bonds. The van der Waals surface area contributed by atoms with Gasteiger partial charge in [-0.2, -0.15) is 0 Å². The van der Waals surface area contributed by atoms with Crippen molar-refractivity contribution in [3.8, 4) is 0 Å². The zero-order valence-corrected chi connectivity index (χ0v) is 10.5. The van der Waals surface area contributed by atoms with Gasteiger partial charge in [-0.05, 0) is 42.8 Å². The maximum Gasteiger partial charge on any atom is 0.141 e. The number of hydrogen-bond acceptors (Lipinski definition) is 1. The summed E-state index contributed by atoms with van der Waals surface area (Å²) in [5.74, 6) is -0.747. The van der Waals surface area contributed by atoms with Crippen LogP contribution >= 0.6 is 11.6 Å². The molecule has 2 aromatic carbocycles. The van der Waals surface area contributed by atoms with Crippen molar-refractivity contribution in [3.63, 3.8) is 0 Å². The SMILES string of the molecule is CC(Nc1cccc(F)c1)c1ccc(F)c(Cl)c1. The summed E-state index contributed by atoms with van der Waals surface area (Å²) in [4.78, 5) is 0. The van der Waals surface area contributed by atoms with Crippen molar-refractivity contribution in [1.29, 1.82) is 0 Å². The van der Waals surface area contributed by atoms with Gasteiger partial charge in [-0.25, -0.2) is 8.78 Å². The van der Waals surface area contributed by atoms with Crippen LogP contribution in [0, 0.1) is 11.6 Å². The van der Waals surface area contributed by atoms with Gasteiger partial charge in [-0.1, -0.05) is 23.7 Å². The molecule has 0 heterocycles. The molecule has 0 aromatic heterocycles. The molecule has 0 saturated carbocycles. The predicted octanol–water partition coefficient (Wildman–Crippen LogP) is 4.79. The summed E-state index contributed by atoms with van der Waals surface area (Å²) < 4.78 is 26.1. The molecule has 0 saturated heterocycles. The third-order valence-corrected chi connectivity index (χ3v) is 2.94. The second kappa shape index (κ2) is 5.36.